The summed E-state index contributed by atoms with van der Waals surface area (Å²) in [6, 6.07) is 14.0. The van der Waals surface area contributed by atoms with Crippen molar-refractivity contribution in [2.75, 3.05) is 20.8 Å². The van der Waals surface area contributed by atoms with Crippen LogP contribution in [0, 0.1) is 6.92 Å². The number of aryl methyl sites for hydroxylation is 1. The van der Waals surface area contributed by atoms with E-state index in [4.69, 9.17) is 9.47 Å². The van der Waals surface area contributed by atoms with Crippen molar-refractivity contribution in [3.63, 3.8) is 0 Å². The predicted octanol–water partition coefficient (Wildman–Crippen LogP) is 3.54. The highest BCUT2D eigenvalue weighted by Gasteiger charge is 2.44. The number of hydrogen-bond donors (Lipinski definition) is 2. The fraction of sp³-hybridized carbons (Fsp3) is 0.381. The molecular formula is C21H26N2O3. The number of carbonyl (C=O) groups excluding carboxylic acids is 1. The van der Waals surface area contributed by atoms with Crippen molar-refractivity contribution in [1.29, 1.82) is 0 Å². The molecule has 26 heavy (non-hydrogen) atoms. The minimum Gasteiger partial charge on any atom is -0.493 e. The van der Waals surface area contributed by atoms with E-state index in [2.05, 4.69) is 22.8 Å². The molecule has 0 spiro atoms. The van der Waals surface area contributed by atoms with Gasteiger partial charge in [0, 0.05) is 18.5 Å². The van der Waals surface area contributed by atoms with E-state index in [0.717, 1.165) is 29.9 Å². The molecule has 0 bridgehead atoms. The van der Waals surface area contributed by atoms with E-state index in [0.29, 0.717) is 13.1 Å². The van der Waals surface area contributed by atoms with Gasteiger partial charge in [-0.3, -0.25) is 0 Å². The Labute approximate surface area is 154 Å². The number of urea groups is 1. The minimum atomic E-state index is -0.141. The van der Waals surface area contributed by atoms with Crippen LogP contribution in [0.5, 0.6) is 11.5 Å². The van der Waals surface area contributed by atoms with Crippen LogP contribution in [0.4, 0.5) is 4.79 Å². The molecule has 0 radical (unpaired) electrons. The Morgan fingerprint density at radius 1 is 1.04 bits per heavy atom. The molecule has 1 aliphatic rings. The summed E-state index contributed by atoms with van der Waals surface area (Å²) in [4.78, 5) is 12.2. The zero-order valence-electron chi connectivity index (χ0n) is 15.6. The van der Waals surface area contributed by atoms with Crippen molar-refractivity contribution in [3.8, 4) is 11.5 Å². The first kappa shape index (κ1) is 18.1. The highest BCUT2D eigenvalue weighted by atomic mass is 16.5. The van der Waals surface area contributed by atoms with Crippen molar-refractivity contribution in [2.45, 2.75) is 31.7 Å². The van der Waals surface area contributed by atoms with Crippen LogP contribution < -0.4 is 20.1 Å². The number of carbonyl (C=O) groups is 1. The van der Waals surface area contributed by atoms with Gasteiger partial charge in [0.05, 0.1) is 14.2 Å². The van der Waals surface area contributed by atoms with Crippen LogP contribution in [0.2, 0.25) is 0 Å². The largest absolute Gasteiger partial charge is 0.493 e. The van der Waals surface area contributed by atoms with Crippen molar-refractivity contribution < 1.29 is 14.3 Å². The fourth-order valence-electron chi connectivity index (χ4n) is 3.20. The Kier molecular flexibility index (Phi) is 5.35. The molecule has 1 fully saturated rings. The first-order chi connectivity index (χ1) is 12.6. The topological polar surface area (TPSA) is 59.6 Å². The van der Waals surface area contributed by atoms with E-state index < -0.39 is 0 Å². The summed E-state index contributed by atoms with van der Waals surface area (Å²) in [5.41, 5.74) is 3.46. The number of methoxy groups -OCH3 is 2. The molecule has 0 aromatic heterocycles. The van der Waals surface area contributed by atoms with Crippen molar-refractivity contribution in [3.05, 3.63) is 59.2 Å². The average molecular weight is 354 g/mol. The Balaban J connectivity index is 1.56. The molecule has 1 saturated carbocycles. The van der Waals surface area contributed by atoms with E-state index in [1.54, 1.807) is 14.2 Å². The number of benzene rings is 2. The minimum absolute atomic E-state index is 0.000225. The van der Waals surface area contributed by atoms with Gasteiger partial charge in [0.25, 0.3) is 0 Å². The molecule has 2 N–H and O–H groups in total. The van der Waals surface area contributed by atoms with Gasteiger partial charge in [-0.05, 0) is 43.0 Å². The molecule has 0 heterocycles. The summed E-state index contributed by atoms with van der Waals surface area (Å²) in [6.45, 7) is 3.18. The van der Waals surface area contributed by atoms with Crippen LogP contribution in [-0.2, 0) is 12.0 Å². The lowest BCUT2D eigenvalue weighted by molar-refractivity contribution is 0.239. The van der Waals surface area contributed by atoms with Gasteiger partial charge in [0.2, 0.25) is 0 Å². The summed E-state index contributed by atoms with van der Waals surface area (Å²) < 4.78 is 10.7. The molecule has 0 saturated heterocycles. The van der Waals surface area contributed by atoms with E-state index in [-0.39, 0.29) is 11.4 Å². The first-order valence-corrected chi connectivity index (χ1v) is 8.86. The molecule has 5 nitrogen and oxygen atoms in total. The second-order valence-electron chi connectivity index (χ2n) is 6.88. The third-order valence-corrected chi connectivity index (χ3v) is 4.97. The first-order valence-electron chi connectivity index (χ1n) is 8.86. The number of ether oxygens (including phenoxy) is 2. The van der Waals surface area contributed by atoms with Gasteiger partial charge in [-0.25, -0.2) is 4.79 Å². The molecule has 0 atom stereocenters. The highest BCUT2D eigenvalue weighted by molar-refractivity contribution is 5.74. The zero-order valence-corrected chi connectivity index (χ0v) is 15.6. The Morgan fingerprint density at radius 3 is 2.46 bits per heavy atom. The molecule has 2 aromatic carbocycles. The fourth-order valence-corrected chi connectivity index (χ4v) is 3.20. The smallest absolute Gasteiger partial charge is 0.315 e. The van der Waals surface area contributed by atoms with Crippen molar-refractivity contribution >= 4 is 6.03 Å². The molecule has 0 unspecified atom stereocenters. The Hall–Kier alpha value is -2.69. The quantitative estimate of drug-likeness (QED) is 0.799. The lowest BCUT2D eigenvalue weighted by Crippen LogP contribution is -2.39. The molecule has 1 aliphatic carbocycles. The second kappa shape index (κ2) is 7.68. The van der Waals surface area contributed by atoms with Crippen LogP contribution >= 0.6 is 0 Å². The van der Waals surface area contributed by atoms with Gasteiger partial charge in [0.15, 0.2) is 11.5 Å². The maximum atomic E-state index is 12.2. The third-order valence-electron chi connectivity index (χ3n) is 4.97. The van der Waals surface area contributed by atoms with Gasteiger partial charge in [0.1, 0.15) is 0 Å². The van der Waals surface area contributed by atoms with Crippen LogP contribution in [0.3, 0.4) is 0 Å². The summed E-state index contributed by atoms with van der Waals surface area (Å²) >= 11 is 0. The lowest BCUT2D eigenvalue weighted by atomic mass is 9.95. The normalized spacial score (nSPS) is 14.4. The molecule has 2 amide bonds. The summed E-state index contributed by atoms with van der Waals surface area (Å²) in [5, 5.41) is 5.94. The van der Waals surface area contributed by atoms with Gasteiger partial charge < -0.3 is 20.1 Å². The van der Waals surface area contributed by atoms with E-state index in [9.17, 15) is 4.79 Å². The average Bonchev–Trinajstić information content (AvgIpc) is 3.45. The van der Waals surface area contributed by atoms with Gasteiger partial charge >= 0.3 is 6.03 Å². The molecule has 5 heteroatoms. The van der Waals surface area contributed by atoms with Gasteiger partial charge in [-0.15, -0.1) is 0 Å². The maximum Gasteiger partial charge on any atom is 0.315 e. The Morgan fingerprint density at radius 2 is 1.81 bits per heavy atom. The standard InChI is InChI=1S/C21H26N2O3/c1-15-5-4-6-16(11-15)13-22-20(24)23-14-21(9-10-21)17-7-8-18(25-2)19(12-17)26-3/h4-8,11-12H,9-10,13-14H2,1-3H3,(H2,22,23,24). The van der Waals surface area contributed by atoms with Crippen LogP contribution in [0.15, 0.2) is 42.5 Å². The van der Waals surface area contributed by atoms with Gasteiger partial charge in [-0.2, -0.15) is 0 Å². The van der Waals surface area contributed by atoms with E-state index in [1.807, 2.05) is 37.3 Å². The number of amides is 2. The summed E-state index contributed by atoms with van der Waals surface area (Å²) in [7, 11) is 3.27. The van der Waals surface area contributed by atoms with Crippen molar-refractivity contribution in [2.24, 2.45) is 0 Å². The third kappa shape index (κ3) is 4.10. The molecule has 2 aromatic rings. The molecule has 138 valence electrons. The molecule has 0 aliphatic heterocycles. The summed E-state index contributed by atoms with van der Waals surface area (Å²) in [6.07, 6.45) is 2.11. The second-order valence-corrected chi connectivity index (χ2v) is 6.88. The van der Waals surface area contributed by atoms with Crippen LogP contribution in [0.25, 0.3) is 0 Å². The molecule has 3 rings (SSSR count). The van der Waals surface area contributed by atoms with Gasteiger partial charge in [-0.1, -0.05) is 35.9 Å². The Bertz CT molecular complexity index is 785. The lowest BCUT2D eigenvalue weighted by Gasteiger charge is -2.19. The number of rotatable bonds is 7. The van der Waals surface area contributed by atoms with Crippen LogP contribution in [-0.4, -0.2) is 26.8 Å². The number of hydrogen-bond acceptors (Lipinski definition) is 3. The SMILES string of the molecule is COc1ccc(C2(CNC(=O)NCc3cccc(C)c3)CC2)cc1OC. The zero-order chi connectivity index (χ0) is 18.6. The number of nitrogens with one attached hydrogen (secondary N) is 2. The highest BCUT2D eigenvalue weighted by Crippen LogP contribution is 2.49. The predicted molar refractivity (Wildman–Crippen MR) is 102 cm³/mol. The van der Waals surface area contributed by atoms with Crippen LogP contribution in [0.1, 0.15) is 29.5 Å². The monoisotopic (exact) mass is 354 g/mol. The van der Waals surface area contributed by atoms with Crippen molar-refractivity contribution in [1.82, 2.24) is 10.6 Å². The van der Waals surface area contributed by atoms with E-state index >= 15 is 0 Å². The summed E-state index contributed by atoms with van der Waals surface area (Å²) in [5.74, 6) is 1.44. The molecular weight excluding hydrogens is 328 g/mol. The van der Waals surface area contributed by atoms with E-state index in [1.165, 1.54) is 11.1 Å². The maximum absolute atomic E-state index is 12.2.